The van der Waals surface area contributed by atoms with E-state index in [9.17, 15) is 9.18 Å². The van der Waals surface area contributed by atoms with Crippen LogP contribution in [0.3, 0.4) is 0 Å². The molecule has 0 spiro atoms. The monoisotopic (exact) mass is 488 g/mol. The van der Waals surface area contributed by atoms with Crippen molar-refractivity contribution in [3.63, 3.8) is 0 Å². The van der Waals surface area contributed by atoms with E-state index in [0.29, 0.717) is 23.0 Å². The Labute approximate surface area is 190 Å². The molecule has 1 aromatic carbocycles. The van der Waals surface area contributed by atoms with Crippen molar-refractivity contribution in [2.24, 2.45) is 5.10 Å². The van der Waals surface area contributed by atoms with Crippen LogP contribution in [0, 0.1) is 12.7 Å². The van der Waals surface area contributed by atoms with Crippen molar-refractivity contribution in [2.45, 2.75) is 13.5 Å². The SMILES string of the molecule is Cc1nn(Cc2ccc(F)cc2)c(Cl)c1/C=N/NC(=O)c1nc(Cl)c(Cl)c(N)c1Cl. The molecule has 1 amide bonds. The number of carbonyl (C=O) groups is 1. The minimum absolute atomic E-state index is 0.0438. The quantitative estimate of drug-likeness (QED) is 0.307. The molecule has 30 heavy (non-hydrogen) atoms. The molecule has 3 N–H and O–H groups in total. The highest BCUT2D eigenvalue weighted by Gasteiger charge is 2.19. The van der Waals surface area contributed by atoms with Crippen LogP contribution in [-0.2, 0) is 6.54 Å². The number of hydrogen-bond donors (Lipinski definition) is 2. The number of hydrogen-bond acceptors (Lipinski definition) is 5. The first kappa shape index (κ1) is 22.3. The molecule has 7 nitrogen and oxygen atoms in total. The Balaban J connectivity index is 1.76. The lowest BCUT2D eigenvalue weighted by Gasteiger charge is -2.07. The molecule has 0 bridgehead atoms. The zero-order valence-electron chi connectivity index (χ0n) is 15.3. The van der Waals surface area contributed by atoms with Crippen molar-refractivity contribution >= 4 is 64.2 Å². The van der Waals surface area contributed by atoms with Crippen molar-refractivity contribution < 1.29 is 9.18 Å². The van der Waals surface area contributed by atoms with Crippen LogP contribution >= 0.6 is 46.4 Å². The molecular formula is C18H13Cl4FN6O. The van der Waals surface area contributed by atoms with Crippen LogP contribution in [0.4, 0.5) is 10.1 Å². The van der Waals surface area contributed by atoms with E-state index in [1.165, 1.54) is 23.0 Å². The summed E-state index contributed by atoms with van der Waals surface area (Å²) in [4.78, 5) is 16.1. The van der Waals surface area contributed by atoms with Gasteiger partial charge in [-0.15, -0.1) is 0 Å². The molecule has 0 atom stereocenters. The summed E-state index contributed by atoms with van der Waals surface area (Å²) < 4.78 is 14.6. The van der Waals surface area contributed by atoms with Gasteiger partial charge in [-0.3, -0.25) is 4.79 Å². The predicted molar refractivity (Wildman–Crippen MR) is 116 cm³/mol. The van der Waals surface area contributed by atoms with Crippen LogP contribution in [0.15, 0.2) is 29.4 Å². The molecule has 12 heteroatoms. The topological polar surface area (TPSA) is 98.2 Å². The first-order chi connectivity index (χ1) is 14.2. The highest BCUT2D eigenvalue weighted by Crippen LogP contribution is 2.34. The van der Waals surface area contributed by atoms with Crippen LogP contribution in [0.2, 0.25) is 20.4 Å². The first-order valence-corrected chi connectivity index (χ1v) is 9.81. The number of carbonyl (C=O) groups excluding carboxylic acids is 1. The van der Waals surface area contributed by atoms with Gasteiger partial charge in [-0.1, -0.05) is 58.5 Å². The summed E-state index contributed by atoms with van der Waals surface area (Å²) in [6.07, 6.45) is 1.33. The fourth-order valence-electron chi connectivity index (χ4n) is 2.47. The summed E-state index contributed by atoms with van der Waals surface area (Å²) >= 11 is 24.0. The largest absolute Gasteiger partial charge is 0.396 e. The van der Waals surface area contributed by atoms with Crippen molar-refractivity contribution in [3.05, 3.63) is 72.9 Å². The molecule has 3 rings (SSSR count). The summed E-state index contributed by atoms with van der Waals surface area (Å²) in [7, 11) is 0. The van der Waals surface area contributed by atoms with Crippen molar-refractivity contribution in [1.29, 1.82) is 0 Å². The standard InChI is InChI=1S/C18H13Cl4FN6O/c1-8-11(17(22)29(28-8)7-9-2-4-10(23)5-3-9)6-25-27-18(30)15-12(19)14(24)13(20)16(21)26-15/h2-6H,7H2,1H3,(H2,24,26)(H,27,30)/b25-6+. The molecule has 0 fully saturated rings. The molecule has 0 saturated carbocycles. The molecule has 0 saturated heterocycles. The summed E-state index contributed by atoms with van der Waals surface area (Å²) in [6, 6.07) is 5.98. The minimum atomic E-state index is -0.742. The third-order valence-electron chi connectivity index (χ3n) is 4.00. The van der Waals surface area contributed by atoms with E-state index in [1.807, 2.05) is 0 Å². The number of nitrogens with one attached hydrogen (secondary N) is 1. The third kappa shape index (κ3) is 4.67. The normalized spacial score (nSPS) is 11.3. The van der Waals surface area contributed by atoms with Gasteiger partial charge in [0.15, 0.2) is 10.8 Å². The van der Waals surface area contributed by atoms with Gasteiger partial charge >= 0.3 is 0 Å². The average Bonchev–Trinajstić information content (AvgIpc) is 2.98. The fourth-order valence-corrected chi connectivity index (χ4v) is 3.35. The van der Waals surface area contributed by atoms with E-state index in [1.54, 1.807) is 19.1 Å². The molecular weight excluding hydrogens is 477 g/mol. The first-order valence-electron chi connectivity index (χ1n) is 8.29. The number of aryl methyl sites for hydroxylation is 1. The second kappa shape index (κ2) is 9.18. The predicted octanol–water partition coefficient (Wildman–Crippen LogP) is 4.73. The number of hydrazone groups is 1. The number of aromatic nitrogens is 3. The zero-order valence-corrected chi connectivity index (χ0v) is 18.3. The zero-order chi connectivity index (χ0) is 22.0. The van der Waals surface area contributed by atoms with Gasteiger partial charge in [-0.2, -0.15) is 10.2 Å². The van der Waals surface area contributed by atoms with Gasteiger partial charge < -0.3 is 5.73 Å². The molecule has 156 valence electrons. The summed E-state index contributed by atoms with van der Waals surface area (Å²) in [5, 5.41) is 8.16. The minimum Gasteiger partial charge on any atom is -0.396 e. The van der Waals surface area contributed by atoms with Gasteiger partial charge in [-0.25, -0.2) is 19.5 Å². The number of nitrogens with zero attached hydrogens (tertiary/aromatic N) is 4. The van der Waals surface area contributed by atoms with Crippen LogP contribution in [0.5, 0.6) is 0 Å². The van der Waals surface area contributed by atoms with E-state index in [2.05, 4.69) is 20.6 Å². The Kier molecular flexibility index (Phi) is 6.82. The Hall–Kier alpha value is -2.39. The third-order valence-corrected chi connectivity index (χ3v) is 5.54. The van der Waals surface area contributed by atoms with Gasteiger partial charge in [-0.05, 0) is 24.6 Å². The van der Waals surface area contributed by atoms with E-state index >= 15 is 0 Å². The van der Waals surface area contributed by atoms with E-state index in [4.69, 9.17) is 52.1 Å². The molecule has 2 heterocycles. The summed E-state index contributed by atoms with van der Waals surface area (Å²) in [5.74, 6) is -1.07. The van der Waals surface area contributed by atoms with E-state index in [-0.39, 0.29) is 32.4 Å². The number of amides is 1. The Morgan fingerprint density at radius 2 is 1.90 bits per heavy atom. The van der Waals surface area contributed by atoms with Gasteiger partial charge in [0, 0.05) is 0 Å². The molecule has 0 radical (unpaired) electrons. The van der Waals surface area contributed by atoms with Crippen molar-refractivity contribution in [3.8, 4) is 0 Å². The number of pyridine rings is 1. The lowest BCUT2D eigenvalue weighted by Crippen LogP contribution is -2.20. The van der Waals surface area contributed by atoms with Crippen molar-refractivity contribution in [2.75, 3.05) is 5.73 Å². The van der Waals surface area contributed by atoms with Gasteiger partial charge in [0.2, 0.25) is 0 Å². The summed E-state index contributed by atoms with van der Waals surface area (Å²) in [5.41, 5.74) is 9.57. The van der Waals surface area contributed by atoms with E-state index in [0.717, 1.165) is 5.56 Å². The maximum Gasteiger partial charge on any atom is 0.291 e. The van der Waals surface area contributed by atoms with E-state index < -0.39 is 5.91 Å². The number of anilines is 1. The lowest BCUT2D eigenvalue weighted by molar-refractivity contribution is 0.0950. The highest BCUT2D eigenvalue weighted by molar-refractivity contribution is 6.46. The maximum absolute atomic E-state index is 13.1. The lowest BCUT2D eigenvalue weighted by atomic mass is 10.2. The van der Waals surface area contributed by atoms with Crippen LogP contribution in [0.1, 0.15) is 27.3 Å². The number of rotatable bonds is 5. The number of halogens is 5. The van der Waals surface area contributed by atoms with Gasteiger partial charge in [0.05, 0.1) is 34.7 Å². The Morgan fingerprint density at radius 1 is 1.23 bits per heavy atom. The Bertz CT molecular complexity index is 1150. The van der Waals surface area contributed by atoms with Gasteiger partial charge in [0.25, 0.3) is 5.91 Å². The second-order valence-corrected chi connectivity index (χ2v) is 7.54. The average molecular weight is 490 g/mol. The molecule has 0 aliphatic carbocycles. The van der Waals surface area contributed by atoms with Crippen LogP contribution in [-0.4, -0.2) is 26.9 Å². The second-order valence-electron chi connectivity index (χ2n) is 6.07. The molecule has 0 aliphatic heterocycles. The fraction of sp³-hybridized carbons (Fsp3) is 0.111. The number of nitrogens with two attached hydrogens (primary N) is 1. The van der Waals surface area contributed by atoms with Crippen LogP contribution in [0.25, 0.3) is 0 Å². The maximum atomic E-state index is 13.1. The molecule has 2 aromatic heterocycles. The van der Waals surface area contributed by atoms with Gasteiger partial charge in [0.1, 0.15) is 16.0 Å². The molecule has 0 unspecified atom stereocenters. The Morgan fingerprint density at radius 3 is 2.57 bits per heavy atom. The number of nitrogen functional groups attached to an aromatic ring is 1. The molecule has 3 aromatic rings. The van der Waals surface area contributed by atoms with Crippen LogP contribution < -0.4 is 11.2 Å². The van der Waals surface area contributed by atoms with Crippen molar-refractivity contribution in [1.82, 2.24) is 20.2 Å². The number of benzene rings is 1. The smallest absolute Gasteiger partial charge is 0.291 e. The highest BCUT2D eigenvalue weighted by atomic mass is 35.5. The summed E-state index contributed by atoms with van der Waals surface area (Å²) in [6.45, 7) is 2.07. The molecule has 0 aliphatic rings.